The van der Waals surface area contributed by atoms with Crippen LogP contribution in [-0.4, -0.2) is 17.4 Å². The maximum absolute atomic E-state index is 12.2. The summed E-state index contributed by atoms with van der Waals surface area (Å²) in [4.78, 5) is 15.3. The van der Waals surface area contributed by atoms with Crippen LogP contribution in [0.25, 0.3) is 10.9 Å². The third-order valence-electron chi connectivity index (χ3n) is 3.61. The van der Waals surface area contributed by atoms with Gasteiger partial charge in [0.15, 0.2) is 0 Å². The number of carbonyl (C=O) groups is 1. The predicted molar refractivity (Wildman–Crippen MR) is 90.5 cm³/mol. The number of aromatic amines is 1. The number of aromatic nitrogens is 1. The van der Waals surface area contributed by atoms with Crippen molar-refractivity contribution in [2.45, 2.75) is 13.3 Å². The SMILES string of the molecule is Cc1ccc2[nH]c(C(=O)NCCc3cccc(Cl)c3)cc2c1. The molecule has 0 fully saturated rings. The molecule has 3 rings (SSSR count). The first-order valence-corrected chi connectivity index (χ1v) is 7.61. The molecule has 3 nitrogen and oxygen atoms in total. The fourth-order valence-electron chi connectivity index (χ4n) is 2.48. The minimum absolute atomic E-state index is 0.0871. The Hall–Kier alpha value is -2.26. The van der Waals surface area contributed by atoms with Crippen molar-refractivity contribution in [1.82, 2.24) is 10.3 Å². The van der Waals surface area contributed by atoms with Crippen molar-refractivity contribution < 1.29 is 4.79 Å². The van der Waals surface area contributed by atoms with E-state index in [2.05, 4.69) is 16.4 Å². The van der Waals surface area contributed by atoms with E-state index in [0.29, 0.717) is 12.2 Å². The number of H-pyrrole nitrogens is 1. The Kier molecular flexibility index (Phi) is 4.16. The second kappa shape index (κ2) is 6.24. The highest BCUT2D eigenvalue weighted by Crippen LogP contribution is 2.17. The summed E-state index contributed by atoms with van der Waals surface area (Å²) in [5.41, 5.74) is 3.86. The summed E-state index contributed by atoms with van der Waals surface area (Å²) in [6, 6.07) is 15.7. The highest BCUT2D eigenvalue weighted by Gasteiger charge is 2.09. The Morgan fingerprint density at radius 1 is 1.18 bits per heavy atom. The van der Waals surface area contributed by atoms with Gasteiger partial charge in [0.25, 0.3) is 5.91 Å². The van der Waals surface area contributed by atoms with E-state index in [9.17, 15) is 4.79 Å². The molecule has 2 N–H and O–H groups in total. The first-order chi connectivity index (χ1) is 10.6. The number of hydrogen-bond donors (Lipinski definition) is 2. The smallest absolute Gasteiger partial charge is 0.267 e. The van der Waals surface area contributed by atoms with Crippen LogP contribution in [0.3, 0.4) is 0 Å². The van der Waals surface area contributed by atoms with Gasteiger partial charge in [0, 0.05) is 22.5 Å². The number of fused-ring (bicyclic) bond motifs is 1. The van der Waals surface area contributed by atoms with Crippen LogP contribution in [0, 0.1) is 6.92 Å². The van der Waals surface area contributed by atoms with Crippen LogP contribution in [0.2, 0.25) is 5.02 Å². The molecule has 0 unspecified atom stereocenters. The van der Waals surface area contributed by atoms with Gasteiger partial charge in [0.05, 0.1) is 0 Å². The topological polar surface area (TPSA) is 44.9 Å². The molecule has 112 valence electrons. The van der Waals surface area contributed by atoms with Gasteiger partial charge in [-0.25, -0.2) is 0 Å². The molecule has 0 aliphatic carbocycles. The summed E-state index contributed by atoms with van der Waals surface area (Å²) in [6.07, 6.45) is 0.756. The van der Waals surface area contributed by atoms with E-state index in [-0.39, 0.29) is 5.91 Å². The Morgan fingerprint density at radius 3 is 2.86 bits per heavy atom. The quantitative estimate of drug-likeness (QED) is 0.748. The molecule has 0 saturated carbocycles. The van der Waals surface area contributed by atoms with Gasteiger partial charge in [-0.2, -0.15) is 0 Å². The molecule has 0 radical (unpaired) electrons. The summed E-state index contributed by atoms with van der Waals surface area (Å²) >= 11 is 5.95. The molecule has 0 saturated heterocycles. The number of halogens is 1. The van der Waals surface area contributed by atoms with Crippen molar-refractivity contribution in [3.8, 4) is 0 Å². The minimum Gasteiger partial charge on any atom is -0.351 e. The van der Waals surface area contributed by atoms with Crippen LogP contribution in [0.5, 0.6) is 0 Å². The van der Waals surface area contributed by atoms with Gasteiger partial charge in [0.1, 0.15) is 5.69 Å². The Morgan fingerprint density at radius 2 is 2.05 bits per heavy atom. The fourth-order valence-corrected chi connectivity index (χ4v) is 2.70. The molecule has 22 heavy (non-hydrogen) atoms. The maximum Gasteiger partial charge on any atom is 0.267 e. The third kappa shape index (κ3) is 3.31. The van der Waals surface area contributed by atoms with Crippen LogP contribution < -0.4 is 5.32 Å². The standard InChI is InChI=1S/C18H17ClN2O/c1-12-5-6-16-14(9-12)11-17(21-16)18(22)20-8-7-13-3-2-4-15(19)10-13/h2-6,9-11,21H,7-8H2,1H3,(H,20,22). The van der Waals surface area contributed by atoms with E-state index in [1.165, 1.54) is 5.56 Å². The molecule has 1 heterocycles. The monoisotopic (exact) mass is 312 g/mol. The zero-order chi connectivity index (χ0) is 15.5. The van der Waals surface area contributed by atoms with Gasteiger partial charge in [0.2, 0.25) is 0 Å². The van der Waals surface area contributed by atoms with Crippen LogP contribution >= 0.6 is 11.6 Å². The molecule has 0 spiro atoms. The first-order valence-electron chi connectivity index (χ1n) is 7.24. The van der Waals surface area contributed by atoms with Gasteiger partial charge < -0.3 is 10.3 Å². The van der Waals surface area contributed by atoms with Crippen LogP contribution in [0.1, 0.15) is 21.6 Å². The summed E-state index contributed by atoms with van der Waals surface area (Å²) in [6.45, 7) is 2.62. The summed E-state index contributed by atoms with van der Waals surface area (Å²) in [7, 11) is 0. The zero-order valence-electron chi connectivity index (χ0n) is 12.3. The average molecular weight is 313 g/mol. The van der Waals surface area contributed by atoms with Gasteiger partial charge >= 0.3 is 0 Å². The van der Waals surface area contributed by atoms with E-state index in [1.54, 1.807) is 0 Å². The molecule has 1 aromatic heterocycles. The van der Waals surface area contributed by atoms with Crippen LogP contribution in [0.15, 0.2) is 48.5 Å². The second-order valence-corrected chi connectivity index (χ2v) is 5.85. The van der Waals surface area contributed by atoms with Gasteiger partial charge in [-0.3, -0.25) is 4.79 Å². The molecule has 1 amide bonds. The maximum atomic E-state index is 12.2. The van der Waals surface area contributed by atoms with E-state index in [0.717, 1.165) is 27.9 Å². The number of carbonyl (C=O) groups excluding carboxylic acids is 1. The molecule has 0 atom stereocenters. The molecule has 4 heteroatoms. The van der Waals surface area contributed by atoms with Crippen molar-refractivity contribution in [3.63, 3.8) is 0 Å². The van der Waals surface area contributed by atoms with E-state index in [1.807, 2.05) is 49.4 Å². The van der Waals surface area contributed by atoms with E-state index >= 15 is 0 Å². The molecule has 0 aliphatic heterocycles. The number of amides is 1. The lowest BCUT2D eigenvalue weighted by Gasteiger charge is -2.04. The predicted octanol–water partition coefficient (Wildman–Crippen LogP) is 4.10. The molecule has 3 aromatic rings. The molecule has 0 bridgehead atoms. The Bertz CT molecular complexity index is 823. The minimum atomic E-state index is -0.0871. The normalized spacial score (nSPS) is 10.8. The van der Waals surface area contributed by atoms with Gasteiger partial charge in [-0.1, -0.05) is 35.4 Å². The molecule has 2 aromatic carbocycles. The Balaban J connectivity index is 1.63. The third-order valence-corrected chi connectivity index (χ3v) is 3.84. The van der Waals surface area contributed by atoms with E-state index < -0.39 is 0 Å². The van der Waals surface area contributed by atoms with E-state index in [4.69, 9.17) is 11.6 Å². The highest BCUT2D eigenvalue weighted by atomic mass is 35.5. The van der Waals surface area contributed by atoms with Gasteiger partial charge in [-0.05, 0) is 49.2 Å². The lowest BCUT2D eigenvalue weighted by Crippen LogP contribution is -2.25. The van der Waals surface area contributed by atoms with Crippen molar-refractivity contribution in [1.29, 1.82) is 0 Å². The molecular formula is C18H17ClN2O. The first kappa shape index (κ1) is 14.7. The van der Waals surface area contributed by atoms with Crippen molar-refractivity contribution in [3.05, 3.63) is 70.4 Å². The summed E-state index contributed by atoms with van der Waals surface area (Å²) in [5, 5.41) is 4.70. The van der Waals surface area contributed by atoms with Crippen molar-refractivity contribution in [2.24, 2.45) is 0 Å². The summed E-state index contributed by atoms with van der Waals surface area (Å²) in [5.74, 6) is -0.0871. The lowest BCUT2D eigenvalue weighted by molar-refractivity contribution is 0.0950. The van der Waals surface area contributed by atoms with Gasteiger partial charge in [-0.15, -0.1) is 0 Å². The number of benzene rings is 2. The summed E-state index contributed by atoms with van der Waals surface area (Å²) < 4.78 is 0. The molecular weight excluding hydrogens is 296 g/mol. The number of nitrogens with one attached hydrogen (secondary N) is 2. The lowest BCUT2D eigenvalue weighted by atomic mass is 10.1. The van der Waals surface area contributed by atoms with Crippen molar-refractivity contribution in [2.75, 3.05) is 6.54 Å². The Labute approximate surface area is 134 Å². The fraction of sp³-hybridized carbons (Fsp3) is 0.167. The average Bonchev–Trinajstić information content (AvgIpc) is 2.90. The second-order valence-electron chi connectivity index (χ2n) is 5.41. The highest BCUT2D eigenvalue weighted by molar-refractivity contribution is 6.30. The zero-order valence-corrected chi connectivity index (χ0v) is 13.1. The van der Waals surface area contributed by atoms with Crippen molar-refractivity contribution >= 4 is 28.4 Å². The molecule has 0 aliphatic rings. The number of rotatable bonds is 4. The van der Waals surface area contributed by atoms with Crippen LogP contribution in [-0.2, 0) is 6.42 Å². The largest absolute Gasteiger partial charge is 0.351 e. The van der Waals surface area contributed by atoms with Crippen LogP contribution in [0.4, 0.5) is 0 Å². The number of aryl methyl sites for hydroxylation is 1. The number of hydrogen-bond acceptors (Lipinski definition) is 1.